The molecular weight excluding hydrogens is 521 g/mol. The number of nitrogens with zero attached hydrogens (tertiary/aromatic N) is 4. The zero-order valence-electron chi connectivity index (χ0n) is 21.8. The van der Waals surface area contributed by atoms with E-state index < -0.39 is 0 Å². The molecule has 5 nitrogen and oxygen atoms in total. The van der Waals surface area contributed by atoms with Gasteiger partial charge in [-0.05, 0) is 73.2 Å². The van der Waals surface area contributed by atoms with Crippen LogP contribution in [0, 0.1) is 54.0 Å². The van der Waals surface area contributed by atoms with Crippen LogP contribution in [0.25, 0.3) is 41.6 Å². The van der Waals surface area contributed by atoms with Crippen LogP contribution >= 0.6 is 24.1 Å². The SMILES string of the molecule is [C-]#[N+]c1cccc(-c2c(SOSc3ccc(C)c([N+]#[C-])c3-c3cccc([N+]#[C-])c3C)ccc(C)c2[N+]#[C-])c1C. The maximum absolute atomic E-state index is 7.85. The van der Waals surface area contributed by atoms with E-state index in [0.717, 1.165) is 78.4 Å². The summed E-state index contributed by atoms with van der Waals surface area (Å²) in [7, 11) is 0. The standard InChI is InChI=1S/C32H22N4OS2/c1-19-15-17-27(29(31(19)35-7)23-11-9-13-25(33-5)21(23)3)38-37-39-28-18-16-20(2)32(36-8)30(28)24-12-10-14-26(34-6)22(24)4/h9-18H,1-4H3. The molecule has 4 rings (SSSR count). The van der Waals surface area contributed by atoms with Crippen molar-refractivity contribution in [2.24, 2.45) is 0 Å². The van der Waals surface area contributed by atoms with Gasteiger partial charge in [0.25, 0.3) is 0 Å². The summed E-state index contributed by atoms with van der Waals surface area (Å²) in [6.45, 7) is 38.3. The Balaban J connectivity index is 1.76. The predicted octanol–water partition coefficient (Wildman–Crippen LogP) is 11.2. The molecule has 4 aromatic rings. The Hall–Kier alpha value is -4.50. The highest BCUT2D eigenvalue weighted by Gasteiger charge is 2.20. The van der Waals surface area contributed by atoms with Crippen molar-refractivity contribution in [3.8, 4) is 22.3 Å². The molecule has 0 amide bonds. The molecule has 0 aliphatic rings. The molecule has 0 bridgehead atoms. The van der Waals surface area contributed by atoms with Gasteiger partial charge in [0.2, 0.25) is 0 Å². The Morgan fingerprint density at radius 3 is 1.31 bits per heavy atom. The lowest BCUT2D eigenvalue weighted by molar-refractivity contribution is 0.757. The molecule has 0 spiro atoms. The Kier molecular flexibility index (Phi) is 8.41. The van der Waals surface area contributed by atoms with Gasteiger partial charge in [0.05, 0.1) is 26.3 Å². The molecule has 0 aliphatic heterocycles. The largest absolute Gasteiger partial charge is 0.238 e. The van der Waals surface area contributed by atoms with Crippen molar-refractivity contribution >= 4 is 46.8 Å². The summed E-state index contributed by atoms with van der Waals surface area (Å²) >= 11 is 2.29. The van der Waals surface area contributed by atoms with E-state index in [-0.39, 0.29) is 0 Å². The van der Waals surface area contributed by atoms with Gasteiger partial charge >= 0.3 is 0 Å². The molecule has 188 valence electrons. The Labute approximate surface area is 238 Å². The van der Waals surface area contributed by atoms with Crippen LogP contribution in [0.3, 0.4) is 0 Å². The Bertz CT molecular complexity index is 1650. The summed E-state index contributed by atoms with van der Waals surface area (Å²) in [4.78, 5) is 16.4. The van der Waals surface area contributed by atoms with E-state index in [1.54, 1.807) is 12.1 Å². The molecule has 0 fully saturated rings. The molecule has 0 saturated heterocycles. The molecule has 0 atom stereocenters. The van der Waals surface area contributed by atoms with Gasteiger partial charge in [0.1, 0.15) is 0 Å². The minimum Gasteiger partial charge on any atom is -0.238 e. The third-order valence-electron chi connectivity index (χ3n) is 6.54. The predicted molar refractivity (Wildman–Crippen MR) is 161 cm³/mol. The lowest BCUT2D eigenvalue weighted by Crippen LogP contribution is -1.91. The summed E-state index contributed by atoms with van der Waals surface area (Å²) < 4.78 is 6.11. The average molecular weight is 543 g/mol. The normalized spacial score (nSPS) is 10.3. The van der Waals surface area contributed by atoms with Crippen molar-refractivity contribution in [1.82, 2.24) is 0 Å². The van der Waals surface area contributed by atoms with Crippen LogP contribution < -0.4 is 0 Å². The minimum atomic E-state index is 0.525. The Morgan fingerprint density at radius 2 is 0.949 bits per heavy atom. The van der Waals surface area contributed by atoms with Gasteiger partial charge in [-0.25, -0.2) is 23.0 Å². The molecule has 0 aliphatic carbocycles. The van der Waals surface area contributed by atoms with Crippen molar-refractivity contribution in [3.63, 3.8) is 0 Å². The van der Waals surface area contributed by atoms with E-state index in [0.29, 0.717) is 22.7 Å². The second kappa shape index (κ2) is 11.9. The monoisotopic (exact) mass is 542 g/mol. The maximum atomic E-state index is 7.85. The van der Waals surface area contributed by atoms with Crippen LogP contribution in [-0.4, -0.2) is 0 Å². The molecule has 39 heavy (non-hydrogen) atoms. The van der Waals surface area contributed by atoms with Gasteiger partial charge in [-0.2, -0.15) is 0 Å². The summed E-state index contributed by atoms with van der Waals surface area (Å²) in [6, 6.07) is 18.7. The van der Waals surface area contributed by atoms with Crippen LogP contribution in [0.1, 0.15) is 22.3 Å². The second-order valence-electron chi connectivity index (χ2n) is 8.79. The Morgan fingerprint density at radius 1 is 0.538 bits per heavy atom. The quantitative estimate of drug-likeness (QED) is 0.179. The summed E-state index contributed by atoms with van der Waals surface area (Å²) in [6.07, 6.45) is 0. The van der Waals surface area contributed by atoms with Crippen LogP contribution in [0.5, 0.6) is 0 Å². The van der Waals surface area contributed by atoms with Gasteiger partial charge < -0.3 is 0 Å². The lowest BCUT2D eigenvalue weighted by atomic mass is 9.96. The molecular formula is C32H22N4OS2. The highest BCUT2D eigenvalue weighted by molar-refractivity contribution is 8.08. The third-order valence-corrected chi connectivity index (χ3v) is 8.13. The first-order valence-corrected chi connectivity index (χ1v) is 13.3. The molecule has 0 aromatic heterocycles. The first kappa shape index (κ1) is 27.5. The first-order valence-electron chi connectivity index (χ1n) is 11.8. The highest BCUT2D eigenvalue weighted by atomic mass is 32.2. The fraction of sp³-hybridized carbons (Fsp3) is 0.125. The van der Waals surface area contributed by atoms with Gasteiger partial charge in [0.15, 0.2) is 22.7 Å². The molecule has 0 saturated carbocycles. The van der Waals surface area contributed by atoms with E-state index in [1.165, 1.54) is 0 Å². The summed E-state index contributed by atoms with van der Waals surface area (Å²) in [5.41, 5.74) is 8.60. The molecule has 4 aromatic carbocycles. The fourth-order valence-corrected chi connectivity index (χ4v) is 5.97. The van der Waals surface area contributed by atoms with E-state index >= 15 is 0 Å². The van der Waals surface area contributed by atoms with E-state index in [2.05, 4.69) is 19.4 Å². The van der Waals surface area contributed by atoms with E-state index in [4.69, 9.17) is 29.9 Å². The third kappa shape index (κ3) is 5.26. The van der Waals surface area contributed by atoms with Gasteiger partial charge in [0, 0.05) is 45.0 Å². The highest BCUT2D eigenvalue weighted by Crippen LogP contribution is 2.48. The van der Waals surface area contributed by atoms with E-state index in [1.807, 2.05) is 76.2 Å². The summed E-state index contributed by atoms with van der Waals surface area (Å²) in [5, 5.41) is 0. The van der Waals surface area contributed by atoms with Crippen LogP contribution in [0.2, 0.25) is 0 Å². The fourth-order valence-electron chi connectivity index (χ4n) is 4.42. The minimum absolute atomic E-state index is 0.525. The van der Waals surface area contributed by atoms with Gasteiger partial charge in [-0.3, -0.25) is 0 Å². The zero-order chi connectivity index (χ0) is 28.1. The number of benzene rings is 4. The molecule has 7 heteroatoms. The second-order valence-corrected chi connectivity index (χ2v) is 10.5. The van der Waals surface area contributed by atoms with Crippen LogP contribution in [0.4, 0.5) is 22.7 Å². The molecule has 0 radical (unpaired) electrons. The van der Waals surface area contributed by atoms with Gasteiger partial charge in [-0.15, -0.1) is 0 Å². The van der Waals surface area contributed by atoms with Crippen molar-refractivity contribution in [2.75, 3.05) is 0 Å². The molecule has 0 heterocycles. The maximum Gasteiger partial charge on any atom is 0.198 e. The first-order chi connectivity index (χ1) is 18.9. The van der Waals surface area contributed by atoms with Crippen molar-refractivity contribution in [1.29, 1.82) is 0 Å². The summed E-state index contributed by atoms with van der Waals surface area (Å²) in [5.74, 6) is 0. The number of aryl methyl sites for hydroxylation is 2. The molecule has 0 unspecified atom stereocenters. The zero-order valence-corrected chi connectivity index (χ0v) is 23.4. The van der Waals surface area contributed by atoms with Gasteiger partial charge in [-0.1, -0.05) is 48.5 Å². The van der Waals surface area contributed by atoms with E-state index in [9.17, 15) is 0 Å². The smallest absolute Gasteiger partial charge is 0.198 e. The molecule has 0 N–H and O–H groups in total. The number of hydrogen-bond acceptors (Lipinski definition) is 3. The van der Waals surface area contributed by atoms with Crippen molar-refractivity contribution in [2.45, 2.75) is 37.5 Å². The lowest BCUT2D eigenvalue weighted by Gasteiger charge is -2.17. The van der Waals surface area contributed by atoms with Crippen molar-refractivity contribution in [3.05, 3.63) is 129 Å². The van der Waals surface area contributed by atoms with Crippen LogP contribution in [-0.2, 0) is 3.63 Å². The number of hydrogen-bond donors (Lipinski definition) is 0. The number of rotatable bonds is 6. The van der Waals surface area contributed by atoms with Crippen LogP contribution in [0.15, 0.2) is 70.5 Å². The van der Waals surface area contributed by atoms with Crippen molar-refractivity contribution < 1.29 is 3.63 Å². The topological polar surface area (TPSA) is 26.7 Å². The average Bonchev–Trinajstić information content (AvgIpc) is 2.94.